The van der Waals surface area contributed by atoms with E-state index < -0.39 is 29.7 Å². The topological polar surface area (TPSA) is 97.6 Å². The van der Waals surface area contributed by atoms with E-state index in [0.29, 0.717) is 10.6 Å². The second kappa shape index (κ2) is 8.70. The van der Waals surface area contributed by atoms with Crippen molar-refractivity contribution in [3.8, 4) is 0 Å². The molecule has 0 saturated heterocycles. The second-order valence-corrected chi connectivity index (χ2v) is 7.18. The van der Waals surface area contributed by atoms with Gasteiger partial charge in [-0.1, -0.05) is 6.07 Å². The number of esters is 1. The van der Waals surface area contributed by atoms with E-state index in [1.165, 1.54) is 37.5 Å². The highest BCUT2D eigenvalue weighted by molar-refractivity contribution is 7.18. The molecule has 2 aromatic heterocycles. The lowest BCUT2D eigenvalue weighted by molar-refractivity contribution is -0.123. The first-order chi connectivity index (χ1) is 13.8. The van der Waals surface area contributed by atoms with E-state index in [4.69, 9.17) is 9.15 Å². The van der Waals surface area contributed by atoms with Crippen molar-refractivity contribution in [2.75, 3.05) is 10.6 Å². The first-order valence-electron chi connectivity index (χ1n) is 8.56. The minimum absolute atomic E-state index is 0.139. The molecule has 29 heavy (non-hydrogen) atoms. The molecule has 0 radical (unpaired) electrons. The van der Waals surface area contributed by atoms with Gasteiger partial charge in [-0.2, -0.15) is 0 Å². The first kappa shape index (κ1) is 20.3. The molecule has 1 aromatic carbocycles. The van der Waals surface area contributed by atoms with Crippen LogP contribution in [0.3, 0.4) is 0 Å². The van der Waals surface area contributed by atoms with Crippen LogP contribution in [-0.2, 0) is 9.53 Å². The highest BCUT2D eigenvalue weighted by Gasteiger charge is 2.21. The number of benzene rings is 1. The number of rotatable bonds is 6. The van der Waals surface area contributed by atoms with Crippen LogP contribution in [0.25, 0.3) is 0 Å². The quantitative estimate of drug-likeness (QED) is 0.586. The Kier molecular flexibility index (Phi) is 6.08. The number of thiophene rings is 1. The van der Waals surface area contributed by atoms with Crippen LogP contribution < -0.4 is 10.6 Å². The number of amides is 2. The summed E-state index contributed by atoms with van der Waals surface area (Å²) < 4.78 is 23.7. The number of nitrogens with one attached hydrogen (secondary N) is 2. The van der Waals surface area contributed by atoms with Crippen molar-refractivity contribution in [1.29, 1.82) is 0 Å². The summed E-state index contributed by atoms with van der Waals surface area (Å²) in [6.07, 6.45) is 0.277. The van der Waals surface area contributed by atoms with Crippen LogP contribution in [0.5, 0.6) is 0 Å². The zero-order valence-electron chi connectivity index (χ0n) is 15.5. The van der Waals surface area contributed by atoms with E-state index >= 15 is 0 Å². The number of carbonyl (C=O) groups excluding carboxylic acids is 3. The molecule has 0 fully saturated rings. The van der Waals surface area contributed by atoms with Crippen molar-refractivity contribution in [3.63, 3.8) is 0 Å². The lowest BCUT2D eigenvalue weighted by Crippen LogP contribution is -2.29. The highest BCUT2D eigenvalue weighted by atomic mass is 32.1. The number of furan rings is 1. The van der Waals surface area contributed by atoms with Gasteiger partial charge in [-0.05, 0) is 55.8 Å². The number of carbonyl (C=O) groups is 3. The molecule has 2 heterocycles. The van der Waals surface area contributed by atoms with Crippen LogP contribution in [0.1, 0.15) is 32.7 Å². The van der Waals surface area contributed by atoms with Gasteiger partial charge in [-0.25, -0.2) is 9.18 Å². The summed E-state index contributed by atoms with van der Waals surface area (Å²) in [5, 5.41) is 5.52. The zero-order chi connectivity index (χ0) is 21.0. The number of hydrogen-bond acceptors (Lipinski definition) is 6. The van der Waals surface area contributed by atoms with Crippen LogP contribution in [-0.4, -0.2) is 23.9 Å². The smallest absolute Gasteiger partial charge is 0.349 e. The van der Waals surface area contributed by atoms with Gasteiger partial charge in [0.05, 0.1) is 11.3 Å². The predicted molar refractivity (Wildman–Crippen MR) is 106 cm³/mol. The molecule has 1 atom stereocenters. The van der Waals surface area contributed by atoms with Crippen molar-refractivity contribution < 1.29 is 27.9 Å². The van der Waals surface area contributed by atoms with Crippen molar-refractivity contribution in [2.24, 2.45) is 0 Å². The van der Waals surface area contributed by atoms with Crippen LogP contribution in [0, 0.1) is 12.7 Å². The Balaban J connectivity index is 1.56. The Labute approximate surface area is 169 Å². The molecule has 2 N–H and O–H groups in total. The summed E-state index contributed by atoms with van der Waals surface area (Å²) in [6.45, 7) is 3.02. The molecule has 2 amide bonds. The van der Waals surface area contributed by atoms with E-state index in [9.17, 15) is 18.8 Å². The number of anilines is 2. The summed E-state index contributed by atoms with van der Waals surface area (Å²) in [5.74, 6) is -2.07. The Morgan fingerprint density at radius 3 is 2.62 bits per heavy atom. The fourth-order valence-corrected chi connectivity index (χ4v) is 3.07. The van der Waals surface area contributed by atoms with Crippen molar-refractivity contribution in [1.82, 2.24) is 0 Å². The molecule has 150 valence electrons. The molecule has 0 aliphatic heterocycles. The Bertz CT molecular complexity index is 1050. The minimum Gasteiger partial charge on any atom is -0.459 e. The maximum absolute atomic E-state index is 13.6. The molecule has 0 aliphatic carbocycles. The van der Waals surface area contributed by atoms with Gasteiger partial charge < -0.3 is 19.8 Å². The summed E-state index contributed by atoms with van der Waals surface area (Å²) in [6, 6.07) is 10.4. The molecule has 0 spiro atoms. The van der Waals surface area contributed by atoms with Gasteiger partial charge >= 0.3 is 5.97 Å². The standard InChI is InChI=1S/C20H17FN2O5S/c1-11-5-6-13(10-14(11)21)22-18(24)12(2)28-20(26)16-7-8-17(29-16)23-19(25)15-4-3-9-27-15/h3-10,12H,1-2H3,(H,22,24)(H,23,25). The Hall–Kier alpha value is -3.46. The van der Waals surface area contributed by atoms with Gasteiger partial charge in [0.15, 0.2) is 11.9 Å². The lowest BCUT2D eigenvalue weighted by atomic mass is 10.2. The first-order valence-corrected chi connectivity index (χ1v) is 9.38. The zero-order valence-corrected chi connectivity index (χ0v) is 16.3. The molecule has 9 heteroatoms. The fourth-order valence-electron chi connectivity index (χ4n) is 2.28. The van der Waals surface area contributed by atoms with Gasteiger partial charge in [0.1, 0.15) is 10.7 Å². The Morgan fingerprint density at radius 2 is 1.93 bits per heavy atom. The number of aryl methyl sites for hydroxylation is 1. The summed E-state index contributed by atoms with van der Waals surface area (Å²) in [4.78, 5) is 36.6. The summed E-state index contributed by atoms with van der Waals surface area (Å²) in [5.41, 5.74) is 0.718. The third-order valence-corrected chi connectivity index (χ3v) is 4.86. The van der Waals surface area contributed by atoms with Crippen molar-refractivity contribution in [3.05, 3.63) is 70.7 Å². The van der Waals surface area contributed by atoms with Gasteiger partial charge in [0, 0.05) is 5.69 Å². The average molecular weight is 416 g/mol. The maximum Gasteiger partial charge on any atom is 0.349 e. The second-order valence-electron chi connectivity index (χ2n) is 6.10. The van der Waals surface area contributed by atoms with Gasteiger partial charge in [-0.3, -0.25) is 9.59 Å². The van der Waals surface area contributed by atoms with E-state index in [2.05, 4.69) is 10.6 Å². The molecule has 1 unspecified atom stereocenters. The van der Waals surface area contributed by atoms with Crippen LogP contribution in [0.2, 0.25) is 0 Å². The minimum atomic E-state index is -1.10. The third-order valence-electron chi connectivity index (χ3n) is 3.88. The predicted octanol–water partition coefficient (Wildman–Crippen LogP) is 4.22. The molecular formula is C20H17FN2O5S. The normalized spacial score (nSPS) is 11.6. The van der Waals surface area contributed by atoms with Crippen LogP contribution >= 0.6 is 11.3 Å². The van der Waals surface area contributed by atoms with Crippen molar-refractivity contribution >= 4 is 39.8 Å². The van der Waals surface area contributed by atoms with Crippen molar-refractivity contribution in [2.45, 2.75) is 20.0 Å². The fraction of sp³-hybridized carbons (Fsp3) is 0.150. The molecular weight excluding hydrogens is 399 g/mol. The molecule has 7 nitrogen and oxygen atoms in total. The van der Waals surface area contributed by atoms with Crippen LogP contribution in [0.15, 0.2) is 53.1 Å². The van der Waals surface area contributed by atoms with E-state index in [1.807, 2.05) is 0 Å². The molecule has 0 bridgehead atoms. The van der Waals surface area contributed by atoms with Gasteiger partial charge in [-0.15, -0.1) is 11.3 Å². The van der Waals surface area contributed by atoms with Gasteiger partial charge in [0.2, 0.25) is 0 Å². The summed E-state index contributed by atoms with van der Waals surface area (Å²) in [7, 11) is 0. The van der Waals surface area contributed by atoms with E-state index in [0.717, 1.165) is 11.3 Å². The third kappa shape index (κ3) is 5.08. The lowest BCUT2D eigenvalue weighted by Gasteiger charge is -2.13. The SMILES string of the molecule is Cc1ccc(NC(=O)C(C)OC(=O)c2ccc(NC(=O)c3ccco3)s2)cc1F. The van der Waals surface area contributed by atoms with E-state index in [1.54, 1.807) is 25.1 Å². The number of halogens is 1. The van der Waals surface area contributed by atoms with Gasteiger partial charge in [0.25, 0.3) is 11.8 Å². The number of ether oxygens (including phenoxy) is 1. The largest absolute Gasteiger partial charge is 0.459 e. The molecule has 0 saturated carbocycles. The summed E-state index contributed by atoms with van der Waals surface area (Å²) >= 11 is 0.998. The number of hydrogen-bond donors (Lipinski definition) is 2. The maximum atomic E-state index is 13.6. The molecule has 3 aromatic rings. The average Bonchev–Trinajstić information content (AvgIpc) is 3.36. The van der Waals surface area contributed by atoms with Crippen LogP contribution in [0.4, 0.5) is 15.1 Å². The van der Waals surface area contributed by atoms with E-state index in [-0.39, 0.29) is 16.3 Å². The Morgan fingerprint density at radius 1 is 1.14 bits per heavy atom. The molecule has 3 rings (SSSR count). The highest BCUT2D eigenvalue weighted by Crippen LogP contribution is 2.24. The monoisotopic (exact) mass is 416 g/mol. The molecule has 0 aliphatic rings.